The monoisotopic (exact) mass is 367 g/mol. The van der Waals surface area contributed by atoms with E-state index in [0.717, 1.165) is 5.56 Å². The highest BCUT2D eigenvalue weighted by molar-refractivity contribution is 5.97. The first-order valence-electron chi connectivity index (χ1n) is 8.46. The zero-order valence-corrected chi connectivity index (χ0v) is 14.7. The average Bonchev–Trinajstić information content (AvgIpc) is 3.14. The summed E-state index contributed by atoms with van der Waals surface area (Å²) in [4.78, 5) is 28.1. The van der Waals surface area contributed by atoms with Crippen LogP contribution in [0.3, 0.4) is 0 Å². The molecule has 1 N–H and O–H groups in total. The van der Waals surface area contributed by atoms with Gasteiger partial charge in [0.2, 0.25) is 17.6 Å². The number of nitrogens with zero attached hydrogens (tertiary/aromatic N) is 2. The quantitative estimate of drug-likeness (QED) is 0.647. The van der Waals surface area contributed by atoms with E-state index in [9.17, 15) is 14.0 Å². The summed E-state index contributed by atoms with van der Waals surface area (Å²) in [5.74, 6) is -0.171. The predicted molar refractivity (Wildman–Crippen MR) is 96.3 cm³/mol. The van der Waals surface area contributed by atoms with Gasteiger partial charge in [-0.25, -0.2) is 4.39 Å². The summed E-state index contributed by atoms with van der Waals surface area (Å²) in [6.07, 6.45) is 0.200. The fourth-order valence-corrected chi connectivity index (χ4v) is 2.42. The number of halogens is 1. The molecule has 1 aromatic heterocycles. The van der Waals surface area contributed by atoms with Gasteiger partial charge in [0.1, 0.15) is 5.82 Å². The Labute approximate surface area is 155 Å². The van der Waals surface area contributed by atoms with Crippen LogP contribution in [0.15, 0.2) is 53.1 Å². The average molecular weight is 367 g/mol. The van der Waals surface area contributed by atoms with E-state index in [2.05, 4.69) is 15.5 Å². The molecule has 1 amide bonds. The molecular weight excluding hydrogens is 349 g/mol. The van der Waals surface area contributed by atoms with Crippen LogP contribution in [0.4, 0.5) is 4.39 Å². The van der Waals surface area contributed by atoms with Gasteiger partial charge < -0.3 is 9.84 Å². The van der Waals surface area contributed by atoms with Crippen molar-refractivity contribution in [2.24, 2.45) is 0 Å². The van der Waals surface area contributed by atoms with Gasteiger partial charge >= 0.3 is 0 Å². The topological polar surface area (TPSA) is 85.1 Å². The van der Waals surface area contributed by atoms with Crippen molar-refractivity contribution in [1.82, 2.24) is 15.5 Å². The molecule has 0 saturated heterocycles. The lowest BCUT2D eigenvalue weighted by molar-refractivity contribution is -0.121. The van der Waals surface area contributed by atoms with Crippen LogP contribution in [0.1, 0.15) is 34.7 Å². The molecule has 1 heterocycles. The maximum atomic E-state index is 12.9. The van der Waals surface area contributed by atoms with Crippen molar-refractivity contribution in [1.29, 1.82) is 0 Å². The Bertz CT molecular complexity index is 934. The third-order valence-corrected chi connectivity index (χ3v) is 3.96. The van der Waals surface area contributed by atoms with Gasteiger partial charge in [-0.3, -0.25) is 9.59 Å². The second-order valence-corrected chi connectivity index (χ2v) is 6.08. The largest absolute Gasteiger partial charge is 0.347 e. The maximum Gasteiger partial charge on any atom is 0.246 e. The van der Waals surface area contributed by atoms with E-state index >= 15 is 0 Å². The third kappa shape index (κ3) is 5.07. The van der Waals surface area contributed by atoms with Crippen LogP contribution >= 0.6 is 0 Å². The molecule has 0 bridgehead atoms. The first-order valence-corrected chi connectivity index (χ1v) is 8.46. The molecular formula is C20H18FN3O3. The number of Topliss-reactive ketones (excluding diaryl/α,β-unsaturated/α-hetero) is 1. The lowest BCUT2D eigenvalue weighted by Crippen LogP contribution is -2.23. The third-order valence-electron chi connectivity index (χ3n) is 3.96. The number of hydrogen-bond acceptors (Lipinski definition) is 5. The van der Waals surface area contributed by atoms with Crippen LogP contribution in [-0.2, 0) is 11.3 Å². The van der Waals surface area contributed by atoms with E-state index in [1.165, 1.54) is 12.1 Å². The first kappa shape index (κ1) is 18.4. The fourth-order valence-electron chi connectivity index (χ4n) is 2.42. The maximum absolute atomic E-state index is 12.9. The van der Waals surface area contributed by atoms with E-state index < -0.39 is 0 Å². The number of carbonyl (C=O) groups is 2. The molecule has 3 aromatic rings. The number of hydrogen-bond donors (Lipinski definition) is 1. The SMILES string of the molecule is Cc1ccc(C(=O)CCC(=O)NCc2nc(-c3ccc(F)cc3)no2)cc1. The Morgan fingerprint density at radius 3 is 2.44 bits per heavy atom. The van der Waals surface area contributed by atoms with Gasteiger partial charge in [-0.15, -0.1) is 0 Å². The Kier molecular flexibility index (Phi) is 5.71. The van der Waals surface area contributed by atoms with Gasteiger partial charge in [-0.1, -0.05) is 35.0 Å². The van der Waals surface area contributed by atoms with Crippen LogP contribution in [0.2, 0.25) is 0 Å². The molecule has 0 aliphatic carbocycles. The molecule has 0 aliphatic heterocycles. The van der Waals surface area contributed by atoms with Crippen molar-refractivity contribution in [2.75, 3.05) is 0 Å². The van der Waals surface area contributed by atoms with Crippen molar-refractivity contribution in [2.45, 2.75) is 26.3 Å². The molecule has 138 valence electrons. The van der Waals surface area contributed by atoms with Crippen LogP contribution < -0.4 is 5.32 Å². The van der Waals surface area contributed by atoms with E-state index in [4.69, 9.17) is 4.52 Å². The summed E-state index contributed by atoms with van der Waals surface area (Å²) in [6, 6.07) is 12.9. The van der Waals surface area contributed by atoms with E-state index in [0.29, 0.717) is 17.0 Å². The van der Waals surface area contributed by atoms with Crippen molar-refractivity contribution in [3.63, 3.8) is 0 Å². The fraction of sp³-hybridized carbons (Fsp3) is 0.200. The van der Waals surface area contributed by atoms with Crippen molar-refractivity contribution < 1.29 is 18.5 Å². The van der Waals surface area contributed by atoms with Crippen LogP contribution in [0.25, 0.3) is 11.4 Å². The van der Waals surface area contributed by atoms with Crippen molar-refractivity contribution in [3.8, 4) is 11.4 Å². The number of benzene rings is 2. The Balaban J connectivity index is 1.47. The summed E-state index contributed by atoms with van der Waals surface area (Å²) < 4.78 is 18.0. The number of carbonyl (C=O) groups excluding carboxylic acids is 2. The lowest BCUT2D eigenvalue weighted by Gasteiger charge is -2.03. The number of ketones is 1. The molecule has 0 radical (unpaired) electrons. The van der Waals surface area contributed by atoms with E-state index in [-0.39, 0.29) is 42.8 Å². The second-order valence-electron chi connectivity index (χ2n) is 6.08. The molecule has 0 atom stereocenters. The molecule has 27 heavy (non-hydrogen) atoms. The van der Waals surface area contributed by atoms with Gasteiger partial charge in [0.25, 0.3) is 0 Å². The lowest BCUT2D eigenvalue weighted by atomic mass is 10.1. The van der Waals surface area contributed by atoms with Crippen LogP contribution in [-0.4, -0.2) is 21.8 Å². The molecule has 0 fully saturated rings. The van der Waals surface area contributed by atoms with E-state index in [1.54, 1.807) is 24.3 Å². The molecule has 6 nitrogen and oxygen atoms in total. The van der Waals surface area contributed by atoms with Crippen molar-refractivity contribution in [3.05, 3.63) is 71.4 Å². The smallest absolute Gasteiger partial charge is 0.246 e. The number of aromatic nitrogens is 2. The number of rotatable bonds is 7. The zero-order chi connectivity index (χ0) is 19.2. The second kappa shape index (κ2) is 8.35. The molecule has 3 rings (SSSR count). The number of nitrogens with one attached hydrogen (secondary N) is 1. The minimum absolute atomic E-state index is 0.0613. The first-order chi connectivity index (χ1) is 13.0. The van der Waals surface area contributed by atoms with Crippen LogP contribution in [0, 0.1) is 12.7 Å². The summed E-state index contributed by atoms with van der Waals surface area (Å²) in [5, 5.41) is 6.44. The van der Waals surface area contributed by atoms with Gasteiger partial charge in [-0.2, -0.15) is 4.98 Å². The molecule has 0 spiro atoms. The minimum atomic E-state index is -0.352. The molecule has 0 aliphatic rings. The van der Waals surface area contributed by atoms with Gasteiger partial charge in [-0.05, 0) is 31.2 Å². The Morgan fingerprint density at radius 2 is 1.74 bits per heavy atom. The predicted octanol–water partition coefficient (Wildman–Crippen LogP) is 3.46. The van der Waals surface area contributed by atoms with Gasteiger partial charge in [0.05, 0.1) is 6.54 Å². The molecule has 2 aromatic carbocycles. The zero-order valence-electron chi connectivity index (χ0n) is 14.7. The standard InChI is InChI=1S/C20H18FN3O3/c1-13-2-4-14(5-3-13)17(25)10-11-18(26)22-12-19-23-20(24-27-19)15-6-8-16(21)9-7-15/h2-9H,10-12H2,1H3,(H,22,26). The Hall–Kier alpha value is -3.35. The summed E-state index contributed by atoms with van der Waals surface area (Å²) in [7, 11) is 0. The molecule has 0 unspecified atom stereocenters. The summed E-state index contributed by atoms with van der Waals surface area (Å²) in [5.41, 5.74) is 2.28. The van der Waals surface area contributed by atoms with Crippen LogP contribution in [0.5, 0.6) is 0 Å². The van der Waals surface area contributed by atoms with Gasteiger partial charge in [0.15, 0.2) is 5.78 Å². The van der Waals surface area contributed by atoms with E-state index in [1.807, 2.05) is 19.1 Å². The molecule has 7 heteroatoms. The molecule has 0 saturated carbocycles. The normalized spacial score (nSPS) is 10.6. The summed E-state index contributed by atoms with van der Waals surface area (Å²) >= 11 is 0. The van der Waals surface area contributed by atoms with Crippen molar-refractivity contribution >= 4 is 11.7 Å². The minimum Gasteiger partial charge on any atom is -0.347 e. The summed E-state index contributed by atoms with van der Waals surface area (Å²) in [6.45, 7) is 2.01. The highest BCUT2D eigenvalue weighted by atomic mass is 19.1. The van der Waals surface area contributed by atoms with Gasteiger partial charge in [0, 0.05) is 24.0 Å². The highest BCUT2D eigenvalue weighted by Gasteiger charge is 2.12. The number of aryl methyl sites for hydroxylation is 1. The number of amides is 1. The highest BCUT2D eigenvalue weighted by Crippen LogP contribution is 2.16. The Morgan fingerprint density at radius 1 is 1.04 bits per heavy atom.